The van der Waals surface area contributed by atoms with Crippen molar-refractivity contribution in [3.63, 3.8) is 0 Å². The molecule has 2 fully saturated rings. The molecule has 8 heteroatoms. The first-order valence-corrected chi connectivity index (χ1v) is 7.03. The molecule has 6 nitrogen and oxygen atoms in total. The Morgan fingerprint density at radius 3 is 1.82 bits per heavy atom. The fraction of sp³-hybridized carbons (Fsp3) is 0.778. The molecular weight excluding hydrogens is 268 g/mol. The van der Waals surface area contributed by atoms with Crippen molar-refractivity contribution >= 4 is 34.1 Å². The zero-order valence-corrected chi connectivity index (χ0v) is 10.6. The maximum Gasteiger partial charge on any atom is 0.367 e. The number of thioether (sulfide) groups is 2. The van der Waals surface area contributed by atoms with E-state index >= 15 is 0 Å². The van der Waals surface area contributed by atoms with Crippen LogP contribution in [-0.4, -0.2) is 54.3 Å². The summed E-state index contributed by atoms with van der Waals surface area (Å²) in [5, 5.41) is -0.510. The third kappa shape index (κ3) is 4.38. The number of carbonyl (C=O) groups excluding carboxylic acids is 2. The molecular formula is C9H12O6S2. The molecule has 0 aromatic heterocycles. The minimum Gasteiger partial charge on any atom is -0.451 e. The summed E-state index contributed by atoms with van der Waals surface area (Å²) in [5.41, 5.74) is 0. The van der Waals surface area contributed by atoms with Crippen molar-refractivity contribution in [1.82, 2.24) is 0 Å². The zero-order chi connectivity index (χ0) is 12.1. The van der Waals surface area contributed by atoms with E-state index in [4.69, 9.17) is 18.9 Å². The fourth-order valence-electron chi connectivity index (χ4n) is 1.31. The maximum absolute atomic E-state index is 10.8. The summed E-state index contributed by atoms with van der Waals surface area (Å²) in [5.74, 6) is 1.24. The molecule has 0 aromatic carbocycles. The SMILES string of the molecule is O=C1OC(COCOCC2CSC(=O)O2)CS1. The molecule has 0 spiro atoms. The van der Waals surface area contributed by atoms with E-state index in [2.05, 4.69) is 0 Å². The van der Waals surface area contributed by atoms with E-state index in [9.17, 15) is 9.59 Å². The van der Waals surface area contributed by atoms with Gasteiger partial charge < -0.3 is 18.9 Å². The van der Waals surface area contributed by atoms with E-state index in [-0.39, 0.29) is 29.6 Å². The van der Waals surface area contributed by atoms with Crippen molar-refractivity contribution in [2.75, 3.05) is 31.5 Å². The molecule has 2 aliphatic heterocycles. The van der Waals surface area contributed by atoms with Crippen molar-refractivity contribution in [1.29, 1.82) is 0 Å². The van der Waals surface area contributed by atoms with Crippen LogP contribution in [0.1, 0.15) is 0 Å². The molecule has 0 radical (unpaired) electrons. The van der Waals surface area contributed by atoms with Gasteiger partial charge in [-0.1, -0.05) is 0 Å². The van der Waals surface area contributed by atoms with Gasteiger partial charge in [-0.05, 0) is 23.5 Å². The molecule has 0 N–H and O–H groups in total. The Labute approximate surface area is 107 Å². The molecule has 0 aliphatic carbocycles. The van der Waals surface area contributed by atoms with Crippen LogP contribution in [0.3, 0.4) is 0 Å². The standard InChI is InChI=1S/C9H12O6S2/c10-8-14-6(3-16-8)1-12-5-13-2-7-4-17-9(11)15-7/h6-7H,1-5H2. The van der Waals surface area contributed by atoms with Gasteiger partial charge in [0.25, 0.3) is 0 Å². The molecule has 0 amide bonds. The normalized spacial score (nSPS) is 28.2. The Morgan fingerprint density at radius 2 is 1.47 bits per heavy atom. The third-order valence-electron chi connectivity index (χ3n) is 2.07. The average molecular weight is 280 g/mol. The van der Waals surface area contributed by atoms with Crippen molar-refractivity contribution in [2.45, 2.75) is 12.2 Å². The van der Waals surface area contributed by atoms with E-state index < -0.39 is 0 Å². The lowest BCUT2D eigenvalue weighted by atomic mass is 10.4. The highest BCUT2D eigenvalue weighted by Crippen LogP contribution is 2.20. The first kappa shape index (κ1) is 13.0. The van der Waals surface area contributed by atoms with Crippen LogP contribution in [0.5, 0.6) is 0 Å². The zero-order valence-electron chi connectivity index (χ0n) is 8.96. The van der Waals surface area contributed by atoms with Gasteiger partial charge >= 0.3 is 10.6 Å². The van der Waals surface area contributed by atoms with Crippen LogP contribution in [0.4, 0.5) is 9.59 Å². The predicted octanol–water partition coefficient (Wildman–Crippen LogP) is 1.48. The van der Waals surface area contributed by atoms with Gasteiger partial charge in [0.15, 0.2) is 0 Å². The highest BCUT2D eigenvalue weighted by molar-refractivity contribution is 8.13. The van der Waals surface area contributed by atoms with E-state index in [1.807, 2.05) is 0 Å². The summed E-state index contributed by atoms with van der Waals surface area (Å²) in [7, 11) is 0. The van der Waals surface area contributed by atoms with E-state index in [1.54, 1.807) is 0 Å². The van der Waals surface area contributed by atoms with Gasteiger partial charge in [0.1, 0.15) is 19.0 Å². The summed E-state index contributed by atoms with van der Waals surface area (Å²) < 4.78 is 20.2. The average Bonchev–Trinajstić information content (AvgIpc) is 2.88. The Bertz CT molecular complexity index is 269. The molecule has 96 valence electrons. The van der Waals surface area contributed by atoms with Gasteiger partial charge in [-0.25, -0.2) is 9.59 Å². The Balaban J connectivity index is 1.46. The largest absolute Gasteiger partial charge is 0.451 e. The quantitative estimate of drug-likeness (QED) is 0.411. The number of hydrogen-bond donors (Lipinski definition) is 0. The molecule has 0 aromatic rings. The highest BCUT2D eigenvalue weighted by atomic mass is 32.2. The number of rotatable bonds is 6. The van der Waals surface area contributed by atoms with Crippen LogP contribution < -0.4 is 0 Å². The second-order valence-corrected chi connectivity index (χ2v) is 5.37. The number of carbonyl (C=O) groups is 2. The topological polar surface area (TPSA) is 71.1 Å². The van der Waals surface area contributed by atoms with Crippen molar-refractivity contribution in [2.24, 2.45) is 0 Å². The van der Waals surface area contributed by atoms with Crippen molar-refractivity contribution < 1.29 is 28.5 Å². The van der Waals surface area contributed by atoms with Crippen LogP contribution in [0, 0.1) is 0 Å². The minimum absolute atomic E-state index is 0.109. The van der Waals surface area contributed by atoms with Crippen LogP contribution >= 0.6 is 23.5 Å². The molecule has 0 bridgehead atoms. The monoisotopic (exact) mass is 280 g/mol. The van der Waals surface area contributed by atoms with Gasteiger partial charge in [-0.3, -0.25) is 0 Å². The molecule has 2 unspecified atom stereocenters. The van der Waals surface area contributed by atoms with E-state index in [1.165, 1.54) is 0 Å². The van der Waals surface area contributed by atoms with Crippen LogP contribution in [-0.2, 0) is 18.9 Å². The number of cyclic esters (lactones) is 2. The molecule has 0 saturated carbocycles. The fourth-order valence-corrected chi connectivity index (χ4v) is 2.69. The second-order valence-electron chi connectivity index (χ2n) is 3.46. The van der Waals surface area contributed by atoms with Crippen molar-refractivity contribution in [3.05, 3.63) is 0 Å². The van der Waals surface area contributed by atoms with Gasteiger partial charge in [0.2, 0.25) is 0 Å². The lowest BCUT2D eigenvalue weighted by Gasteiger charge is -2.11. The first-order valence-electron chi connectivity index (χ1n) is 5.06. The highest BCUT2D eigenvalue weighted by Gasteiger charge is 2.25. The van der Waals surface area contributed by atoms with E-state index in [0.717, 1.165) is 23.5 Å². The summed E-state index contributed by atoms with van der Waals surface area (Å²) in [6.07, 6.45) is -0.369. The molecule has 17 heavy (non-hydrogen) atoms. The third-order valence-corrected chi connectivity index (χ3v) is 3.81. The summed E-state index contributed by atoms with van der Waals surface area (Å²) in [4.78, 5) is 21.5. The summed E-state index contributed by atoms with van der Waals surface area (Å²) in [6.45, 7) is 0.771. The van der Waals surface area contributed by atoms with Crippen LogP contribution in [0.2, 0.25) is 0 Å². The molecule has 2 heterocycles. The van der Waals surface area contributed by atoms with Gasteiger partial charge in [-0.2, -0.15) is 0 Å². The van der Waals surface area contributed by atoms with Crippen LogP contribution in [0.15, 0.2) is 0 Å². The van der Waals surface area contributed by atoms with Gasteiger partial charge in [0.05, 0.1) is 13.2 Å². The van der Waals surface area contributed by atoms with Gasteiger partial charge in [-0.15, -0.1) is 0 Å². The van der Waals surface area contributed by atoms with Crippen molar-refractivity contribution in [3.8, 4) is 0 Å². The second kappa shape index (κ2) is 6.48. The number of hydrogen-bond acceptors (Lipinski definition) is 8. The smallest absolute Gasteiger partial charge is 0.367 e. The summed E-state index contributed by atoms with van der Waals surface area (Å²) in [6, 6.07) is 0. The lowest BCUT2D eigenvalue weighted by molar-refractivity contribution is -0.0888. The minimum atomic E-state index is -0.255. The summed E-state index contributed by atoms with van der Waals surface area (Å²) >= 11 is 2.30. The Kier molecular flexibility index (Phi) is 4.96. The van der Waals surface area contributed by atoms with Crippen LogP contribution in [0.25, 0.3) is 0 Å². The molecule has 2 saturated heterocycles. The first-order chi connectivity index (χ1) is 8.24. The Hall–Kier alpha value is -0.440. The molecule has 2 atom stereocenters. The maximum atomic E-state index is 10.8. The lowest BCUT2D eigenvalue weighted by Crippen LogP contribution is -2.22. The molecule has 2 rings (SSSR count). The number of ether oxygens (including phenoxy) is 4. The molecule has 2 aliphatic rings. The predicted molar refractivity (Wildman–Crippen MR) is 62.2 cm³/mol. The van der Waals surface area contributed by atoms with Gasteiger partial charge in [0, 0.05) is 11.5 Å². The Morgan fingerprint density at radius 1 is 1.00 bits per heavy atom. The van der Waals surface area contributed by atoms with E-state index in [0.29, 0.717) is 24.7 Å².